The Kier molecular flexibility index (Phi) is 4.50. The Labute approximate surface area is 111 Å². The molecule has 4 heteroatoms. The lowest BCUT2D eigenvalue weighted by Crippen LogP contribution is -2.16. The number of hydrogen-bond acceptors (Lipinski definition) is 3. The molecule has 2 aromatic carbocycles. The van der Waals surface area contributed by atoms with Crippen LogP contribution in [0.15, 0.2) is 54.6 Å². The molecule has 0 heterocycles. The Morgan fingerprint density at radius 1 is 1.05 bits per heavy atom. The fraction of sp³-hybridized carbons (Fsp3) is 0.133. The summed E-state index contributed by atoms with van der Waals surface area (Å²) in [5.41, 5.74) is 1.21. The summed E-state index contributed by atoms with van der Waals surface area (Å²) in [7, 11) is 0. The highest BCUT2D eigenvalue weighted by molar-refractivity contribution is 5.74. The zero-order valence-electron chi connectivity index (χ0n) is 10.3. The quantitative estimate of drug-likeness (QED) is 0.839. The largest absolute Gasteiger partial charge is 0.459 e. The molecule has 0 aromatic heterocycles. The molecule has 0 atom stereocenters. The van der Waals surface area contributed by atoms with Crippen molar-refractivity contribution in [2.45, 2.75) is 6.61 Å². The summed E-state index contributed by atoms with van der Waals surface area (Å²) in [6, 6.07) is 15.6. The minimum absolute atomic E-state index is 0.0536. The second kappa shape index (κ2) is 6.54. The van der Waals surface area contributed by atoms with E-state index in [-0.39, 0.29) is 19.0 Å². The van der Waals surface area contributed by atoms with Gasteiger partial charge in [0.15, 0.2) is 0 Å². The first kappa shape index (κ1) is 13.1. The minimum Gasteiger partial charge on any atom is -0.459 e. The van der Waals surface area contributed by atoms with Crippen LogP contribution in [-0.2, 0) is 16.1 Å². The highest BCUT2D eigenvalue weighted by Gasteiger charge is 2.05. The average Bonchev–Trinajstić information content (AvgIpc) is 2.45. The zero-order valence-corrected chi connectivity index (χ0v) is 10.3. The van der Waals surface area contributed by atoms with Crippen molar-refractivity contribution in [1.29, 1.82) is 0 Å². The Balaban J connectivity index is 1.78. The van der Waals surface area contributed by atoms with Gasteiger partial charge in [-0.1, -0.05) is 36.4 Å². The maximum Gasteiger partial charge on any atom is 0.325 e. The fourth-order valence-corrected chi connectivity index (χ4v) is 1.55. The van der Waals surface area contributed by atoms with Crippen molar-refractivity contribution in [3.63, 3.8) is 0 Å². The molecular weight excluding hydrogens is 245 g/mol. The van der Waals surface area contributed by atoms with E-state index in [1.165, 1.54) is 6.07 Å². The number of esters is 1. The molecule has 98 valence electrons. The smallest absolute Gasteiger partial charge is 0.325 e. The van der Waals surface area contributed by atoms with Crippen molar-refractivity contribution >= 4 is 11.7 Å². The summed E-state index contributed by atoms with van der Waals surface area (Å²) in [4.78, 5) is 11.5. The molecule has 19 heavy (non-hydrogen) atoms. The van der Waals surface area contributed by atoms with Crippen LogP contribution < -0.4 is 5.32 Å². The van der Waals surface area contributed by atoms with E-state index in [0.717, 1.165) is 5.69 Å². The number of ether oxygens (including phenoxy) is 1. The van der Waals surface area contributed by atoms with Gasteiger partial charge in [0.2, 0.25) is 0 Å². The van der Waals surface area contributed by atoms with Crippen molar-refractivity contribution in [3.05, 3.63) is 66.0 Å². The number of rotatable bonds is 5. The zero-order chi connectivity index (χ0) is 13.5. The van der Waals surface area contributed by atoms with Gasteiger partial charge < -0.3 is 10.1 Å². The van der Waals surface area contributed by atoms with Crippen LogP contribution in [0.3, 0.4) is 0 Å². The molecule has 0 saturated carbocycles. The van der Waals surface area contributed by atoms with Gasteiger partial charge in [-0.2, -0.15) is 0 Å². The monoisotopic (exact) mass is 259 g/mol. The second-order valence-corrected chi connectivity index (χ2v) is 3.97. The molecule has 0 bridgehead atoms. The fourth-order valence-electron chi connectivity index (χ4n) is 1.55. The van der Waals surface area contributed by atoms with Crippen molar-refractivity contribution in [2.75, 3.05) is 11.9 Å². The molecule has 0 saturated heterocycles. The van der Waals surface area contributed by atoms with Gasteiger partial charge in [0, 0.05) is 11.3 Å². The maximum atomic E-state index is 13.3. The summed E-state index contributed by atoms with van der Waals surface area (Å²) < 4.78 is 18.3. The molecule has 0 radical (unpaired) electrons. The van der Waals surface area contributed by atoms with Gasteiger partial charge in [-0.25, -0.2) is 4.39 Å². The van der Waals surface area contributed by atoms with Crippen LogP contribution >= 0.6 is 0 Å². The normalized spacial score (nSPS) is 9.95. The molecule has 0 unspecified atom stereocenters. The van der Waals surface area contributed by atoms with E-state index < -0.39 is 5.97 Å². The number of halogens is 1. The highest BCUT2D eigenvalue weighted by Crippen LogP contribution is 2.08. The first-order chi connectivity index (χ1) is 9.25. The molecule has 2 rings (SSSR count). The first-order valence-corrected chi connectivity index (χ1v) is 5.93. The van der Waals surface area contributed by atoms with E-state index in [1.54, 1.807) is 18.2 Å². The molecule has 0 fully saturated rings. The van der Waals surface area contributed by atoms with Gasteiger partial charge in [0.1, 0.15) is 19.0 Å². The van der Waals surface area contributed by atoms with E-state index in [2.05, 4.69) is 5.32 Å². The van der Waals surface area contributed by atoms with E-state index in [1.807, 2.05) is 30.3 Å². The number of anilines is 1. The van der Waals surface area contributed by atoms with E-state index in [4.69, 9.17) is 4.74 Å². The van der Waals surface area contributed by atoms with E-state index in [9.17, 15) is 9.18 Å². The van der Waals surface area contributed by atoms with Crippen molar-refractivity contribution < 1.29 is 13.9 Å². The van der Waals surface area contributed by atoms with Crippen LogP contribution in [0.2, 0.25) is 0 Å². The van der Waals surface area contributed by atoms with Gasteiger partial charge in [-0.15, -0.1) is 0 Å². The van der Waals surface area contributed by atoms with Crippen molar-refractivity contribution in [3.8, 4) is 0 Å². The highest BCUT2D eigenvalue weighted by atomic mass is 19.1. The molecule has 0 spiro atoms. The number of carbonyl (C=O) groups is 1. The molecule has 0 aliphatic heterocycles. The van der Waals surface area contributed by atoms with Crippen LogP contribution in [0.1, 0.15) is 5.56 Å². The summed E-state index contributed by atoms with van der Waals surface area (Å²) >= 11 is 0. The number of hydrogen-bond donors (Lipinski definition) is 1. The molecule has 0 amide bonds. The van der Waals surface area contributed by atoms with E-state index >= 15 is 0 Å². The molecule has 0 aliphatic rings. The van der Waals surface area contributed by atoms with Crippen LogP contribution in [0.5, 0.6) is 0 Å². The second-order valence-electron chi connectivity index (χ2n) is 3.97. The number of para-hydroxylation sites is 1. The third-order valence-corrected chi connectivity index (χ3v) is 2.56. The first-order valence-electron chi connectivity index (χ1n) is 5.93. The molecule has 1 N–H and O–H groups in total. The number of benzene rings is 2. The lowest BCUT2D eigenvalue weighted by atomic mass is 10.2. The topological polar surface area (TPSA) is 38.3 Å². The summed E-state index contributed by atoms with van der Waals surface area (Å²) in [6.07, 6.45) is 0. The number of nitrogens with one attached hydrogen (secondary N) is 1. The van der Waals surface area contributed by atoms with Crippen molar-refractivity contribution in [1.82, 2.24) is 0 Å². The molecule has 3 nitrogen and oxygen atoms in total. The van der Waals surface area contributed by atoms with Gasteiger partial charge in [-0.3, -0.25) is 4.79 Å². The molecular formula is C15H14FNO2. The summed E-state index contributed by atoms with van der Waals surface area (Å²) in [6.45, 7) is 0.000439. The Bertz CT molecular complexity index is 543. The van der Waals surface area contributed by atoms with Crippen LogP contribution in [0.25, 0.3) is 0 Å². The van der Waals surface area contributed by atoms with Crippen molar-refractivity contribution in [2.24, 2.45) is 0 Å². The van der Waals surface area contributed by atoms with Crippen LogP contribution in [-0.4, -0.2) is 12.5 Å². The van der Waals surface area contributed by atoms with Crippen LogP contribution in [0.4, 0.5) is 10.1 Å². The van der Waals surface area contributed by atoms with Gasteiger partial charge in [0.05, 0.1) is 0 Å². The SMILES string of the molecule is O=C(CNc1ccccc1)OCc1ccccc1F. The number of carbonyl (C=O) groups excluding carboxylic acids is 1. The maximum absolute atomic E-state index is 13.3. The lowest BCUT2D eigenvalue weighted by molar-refractivity contribution is -0.142. The summed E-state index contributed by atoms with van der Waals surface area (Å²) in [5.74, 6) is -0.793. The Morgan fingerprint density at radius 2 is 1.74 bits per heavy atom. The lowest BCUT2D eigenvalue weighted by Gasteiger charge is -2.07. The van der Waals surface area contributed by atoms with Gasteiger partial charge in [0.25, 0.3) is 0 Å². The standard InChI is InChI=1S/C15H14FNO2/c16-14-9-5-4-6-12(14)11-19-15(18)10-17-13-7-2-1-3-8-13/h1-9,17H,10-11H2. The van der Waals surface area contributed by atoms with Gasteiger partial charge in [-0.05, 0) is 18.2 Å². The van der Waals surface area contributed by atoms with E-state index in [0.29, 0.717) is 5.56 Å². The molecule has 2 aromatic rings. The Hall–Kier alpha value is -2.36. The molecule has 0 aliphatic carbocycles. The third kappa shape index (κ3) is 4.10. The van der Waals surface area contributed by atoms with Crippen LogP contribution in [0, 0.1) is 5.82 Å². The Morgan fingerprint density at radius 3 is 2.47 bits per heavy atom. The third-order valence-electron chi connectivity index (χ3n) is 2.56. The minimum atomic E-state index is -0.424. The van der Waals surface area contributed by atoms with Gasteiger partial charge >= 0.3 is 5.97 Å². The predicted molar refractivity (Wildman–Crippen MR) is 71.1 cm³/mol. The predicted octanol–water partition coefficient (Wildman–Crippen LogP) is 2.98. The summed E-state index contributed by atoms with van der Waals surface area (Å²) in [5, 5.41) is 2.93. The average molecular weight is 259 g/mol.